The van der Waals surface area contributed by atoms with Gasteiger partial charge in [-0.05, 0) is 22.0 Å². The maximum Gasteiger partial charge on any atom is 0.298 e. The van der Waals surface area contributed by atoms with Crippen LogP contribution in [-0.2, 0) is 4.79 Å². The Balaban J connectivity index is 3.10. The van der Waals surface area contributed by atoms with Crippen LogP contribution in [0.4, 0.5) is 5.69 Å². The molecule has 0 aromatic heterocycles. The van der Waals surface area contributed by atoms with Gasteiger partial charge in [0.25, 0.3) is 12.2 Å². The van der Waals surface area contributed by atoms with Gasteiger partial charge in [0.15, 0.2) is 5.75 Å². The van der Waals surface area contributed by atoms with Crippen molar-refractivity contribution in [2.24, 2.45) is 0 Å². The average molecular weight is 246 g/mol. The van der Waals surface area contributed by atoms with Crippen LogP contribution in [0.5, 0.6) is 5.75 Å². The number of carbonyl (C=O) groups is 1. The van der Waals surface area contributed by atoms with Crippen molar-refractivity contribution in [2.45, 2.75) is 0 Å². The third-order valence-electron chi connectivity index (χ3n) is 1.30. The molecule has 0 aliphatic heterocycles. The molecule has 0 unspecified atom stereocenters. The number of carbonyl (C=O) groups excluding carboxylic acids is 1. The number of hydrogen-bond donors (Lipinski definition) is 0. The molecular weight excluding hydrogens is 242 g/mol. The summed E-state index contributed by atoms with van der Waals surface area (Å²) in [7, 11) is 0. The van der Waals surface area contributed by atoms with Crippen LogP contribution in [0.15, 0.2) is 22.7 Å². The number of rotatable bonds is 3. The number of benzene rings is 1. The lowest BCUT2D eigenvalue weighted by molar-refractivity contribution is -0.384. The Morgan fingerprint density at radius 1 is 1.54 bits per heavy atom. The van der Waals surface area contributed by atoms with E-state index in [1.54, 1.807) is 0 Å². The van der Waals surface area contributed by atoms with Gasteiger partial charge in [-0.3, -0.25) is 14.9 Å². The van der Waals surface area contributed by atoms with Gasteiger partial charge in [-0.1, -0.05) is 0 Å². The first kappa shape index (κ1) is 9.66. The zero-order valence-corrected chi connectivity index (χ0v) is 7.85. The van der Waals surface area contributed by atoms with Crippen LogP contribution in [0.1, 0.15) is 0 Å². The van der Waals surface area contributed by atoms with Gasteiger partial charge in [0.05, 0.1) is 15.5 Å². The molecule has 1 rings (SSSR count). The molecule has 0 amide bonds. The summed E-state index contributed by atoms with van der Waals surface area (Å²) >= 11 is 3.07. The van der Waals surface area contributed by atoms with E-state index in [4.69, 9.17) is 0 Å². The predicted molar refractivity (Wildman–Crippen MR) is 47.5 cm³/mol. The highest BCUT2D eigenvalue weighted by atomic mass is 79.9. The van der Waals surface area contributed by atoms with Crippen LogP contribution in [-0.4, -0.2) is 11.4 Å². The highest BCUT2D eigenvalue weighted by molar-refractivity contribution is 9.10. The minimum Gasteiger partial charge on any atom is -0.427 e. The van der Waals surface area contributed by atoms with E-state index in [0.717, 1.165) is 0 Å². The molecule has 0 atom stereocenters. The molecule has 0 aliphatic carbocycles. The maximum absolute atomic E-state index is 10.3. The van der Waals surface area contributed by atoms with E-state index in [1.807, 2.05) is 0 Å². The number of non-ortho nitro benzene ring substituents is 1. The first-order valence-electron chi connectivity index (χ1n) is 3.19. The predicted octanol–water partition coefficient (Wildman–Crippen LogP) is 1.89. The van der Waals surface area contributed by atoms with E-state index in [1.165, 1.54) is 18.2 Å². The van der Waals surface area contributed by atoms with Crippen LogP contribution in [0.25, 0.3) is 0 Å². The number of nitro benzene ring substituents is 1. The van der Waals surface area contributed by atoms with Crippen molar-refractivity contribution in [2.75, 3.05) is 0 Å². The molecular formula is C7H4BrNO4. The molecule has 0 bridgehead atoms. The summed E-state index contributed by atoms with van der Waals surface area (Å²) in [6.45, 7) is 0.212. The second kappa shape index (κ2) is 3.99. The zero-order valence-electron chi connectivity index (χ0n) is 6.27. The number of halogens is 1. The highest BCUT2D eigenvalue weighted by Gasteiger charge is 2.09. The topological polar surface area (TPSA) is 69.4 Å². The van der Waals surface area contributed by atoms with Crippen molar-refractivity contribution >= 4 is 28.1 Å². The summed E-state index contributed by atoms with van der Waals surface area (Å²) in [5.41, 5.74) is -0.125. The van der Waals surface area contributed by atoms with Crippen molar-refractivity contribution in [1.29, 1.82) is 0 Å². The van der Waals surface area contributed by atoms with Crippen LogP contribution in [0.3, 0.4) is 0 Å². The molecule has 1 aromatic carbocycles. The van der Waals surface area contributed by atoms with E-state index in [9.17, 15) is 14.9 Å². The highest BCUT2D eigenvalue weighted by Crippen LogP contribution is 2.28. The molecule has 0 aliphatic rings. The minimum absolute atomic E-state index is 0.125. The van der Waals surface area contributed by atoms with Gasteiger partial charge in [-0.2, -0.15) is 0 Å². The molecule has 68 valence electrons. The lowest BCUT2D eigenvalue weighted by Crippen LogP contribution is -1.92. The lowest BCUT2D eigenvalue weighted by atomic mass is 10.3. The van der Waals surface area contributed by atoms with Crippen molar-refractivity contribution in [1.82, 2.24) is 0 Å². The molecule has 0 heterocycles. The fraction of sp³-hybridized carbons (Fsp3) is 0. The quantitative estimate of drug-likeness (QED) is 0.464. The average Bonchev–Trinajstić information content (AvgIpc) is 2.08. The second-order valence-electron chi connectivity index (χ2n) is 2.09. The van der Waals surface area contributed by atoms with Crippen LogP contribution in [0.2, 0.25) is 0 Å². The van der Waals surface area contributed by atoms with Crippen molar-refractivity contribution < 1.29 is 14.5 Å². The van der Waals surface area contributed by atoms with E-state index < -0.39 is 4.92 Å². The van der Waals surface area contributed by atoms with Gasteiger partial charge in [0.2, 0.25) is 0 Å². The molecule has 0 spiro atoms. The van der Waals surface area contributed by atoms with Crippen molar-refractivity contribution in [3.8, 4) is 5.75 Å². The third-order valence-corrected chi connectivity index (χ3v) is 1.96. The molecule has 0 radical (unpaired) electrons. The van der Waals surface area contributed by atoms with E-state index in [0.29, 0.717) is 4.47 Å². The van der Waals surface area contributed by atoms with Crippen molar-refractivity contribution in [3.63, 3.8) is 0 Å². The van der Waals surface area contributed by atoms with E-state index >= 15 is 0 Å². The first-order valence-corrected chi connectivity index (χ1v) is 3.98. The molecule has 5 nitrogen and oxygen atoms in total. The molecule has 13 heavy (non-hydrogen) atoms. The molecule has 0 saturated carbocycles. The van der Waals surface area contributed by atoms with Crippen molar-refractivity contribution in [3.05, 3.63) is 32.8 Å². The number of hydrogen-bond acceptors (Lipinski definition) is 4. The summed E-state index contributed by atoms with van der Waals surface area (Å²) in [5.74, 6) is 0.129. The Morgan fingerprint density at radius 3 is 2.77 bits per heavy atom. The molecule has 0 N–H and O–H groups in total. The van der Waals surface area contributed by atoms with Gasteiger partial charge in [-0.15, -0.1) is 0 Å². The van der Waals surface area contributed by atoms with Gasteiger partial charge in [0, 0.05) is 6.07 Å². The summed E-state index contributed by atoms with van der Waals surface area (Å²) < 4.78 is 4.99. The Bertz CT molecular complexity index is 352. The Kier molecular flexibility index (Phi) is 2.97. The van der Waals surface area contributed by atoms with Crippen LogP contribution in [0, 0.1) is 10.1 Å². The largest absolute Gasteiger partial charge is 0.427 e. The second-order valence-corrected chi connectivity index (χ2v) is 2.94. The van der Waals surface area contributed by atoms with Gasteiger partial charge >= 0.3 is 0 Å². The van der Waals surface area contributed by atoms with E-state index in [-0.39, 0.29) is 17.9 Å². The van der Waals surface area contributed by atoms with Gasteiger partial charge in [-0.25, -0.2) is 0 Å². The van der Waals surface area contributed by atoms with Gasteiger partial charge in [0.1, 0.15) is 0 Å². The minimum atomic E-state index is -0.565. The smallest absolute Gasteiger partial charge is 0.298 e. The standard InChI is InChI=1S/C7H4BrNO4/c8-6-2-1-5(9(11)12)3-7(6)13-4-10/h1-4H. The van der Waals surface area contributed by atoms with Crippen LogP contribution >= 0.6 is 15.9 Å². The fourth-order valence-electron chi connectivity index (χ4n) is 0.748. The number of nitrogens with zero attached hydrogens (tertiary/aromatic N) is 1. The summed E-state index contributed by atoms with van der Waals surface area (Å²) in [4.78, 5) is 19.7. The first-order chi connectivity index (χ1) is 6.15. The summed E-state index contributed by atoms with van der Waals surface area (Å²) in [5, 5.41) is 10.3. The van der Waals surface area contributed by atoms with Gasteiger partial charge < -0.3 is 4.74 Å². The Morgan fingerprint density at radius 2 is 2.23 bits per heavy atom. The lowest BCUT2D eigenvalue weighted by Gasteiger charge is -1.99. The monoisotopic (exact) mass is 245 g/mol. The van der Waals surface area contributed by atoms with E-state index in [2.05, 4.69) is 20.7 Å². The normalized spacial score (nSPS) is 9.31. The fourth-order valence-corrected chi connectivity index (χ4v) is 1.09. The molecule has 6 heteroatoms. The summed E-state index contributed by atoms with van der Waals surface area (Å²) in [6.07, 6.45) is 0. The molecule has 1 aromatic rings. The number of nitro groups is 1. The Labute approximate surface area is 81.6 Å². The summed E-state index contributed by atoms with van der Waals surface area (Å²) in [6, 6.07) is 3.91. The van der Waals surface area contributed by atoms with Crippen LogP contribution < -0.4 is 4.74 Å². The maximum atomic E-state index is 10.3. The zero-order chi connectivity index (χ0) is 9.84. The Hall–Kier alpha value is -1.43. The third kappa shape index (κ3) is 2.25. The molecule has 0 fully saturated rings. The SMILES string of the molecule is O=COc1cc([N+](=O)[O-])ccc1Br. The molecule has 0 saturated heterocycles. The number of ether oxygens (including phenoxy) is 1.